The largest absolute Gasteiger partial charge is 0.495 e. The molecule has 9 nitrogen and oxygen atoms in total. The van der Waals surface area contributed by atoms with Crippen LogP contribution in [0.25, 0.3) is 5.52 Å². The van der Waals surface area contributed by atoms with Gasteiger partial charge in [0, 0.05) is 62.3 Å². The predicted molar refractivity (Wildman–Crippen MR) is 168 cm³/mol. The minimum atomic E-state index is -4.50. The molecule has 3 N–H and O–H groups in total. The van der Waals surface area contributed by atoms with Gasteiger partial charge in [-0.2, -0.15) is 13.2 Å². The fraction of sp³-hybridized carbons (Fsp3) is 0.438. The number of ether oxygens (including phenoxy) is 1. The van der Waals surface area contributed by atoms with Crippen LogP contribution in [0.4, 0.5) is 24.5 Å². The summed E-state index contributed by atoms with van der Waals surface area (Å²) in [4.78, 5) is 30.3. The molecule has 1 aromatic carbocycles. The molecule has 0 saturated carbocycles. The van der Waals surface area contributed by atoms with Gasteiger partial charge in [-0.3, -0.25) is 9.59 Å². The second-order valence-electron chi connectivity index (χ2n) is 11.4. The Hall–Kier alpha value is -4.02. The van der Waals surface area contributed by atoms with Gasteiger partial charge in [-0.25, -0.2) is 0 Å². The molecule has 6 aliphatic rings. The van der Waals surface area contributed by atoms with Crippen LogP contribution in [0.1, 0.15) is 35.2 Å². The maximum absolute atomic E-state index is 13.6. The second kappa shape index (κ2) is 13.1. The van der Waals surface area contributed by atoms with Crippen LogP contribution in [-0.4, -0.2) is 90.5 Å². The molecule has 2 fully saturated rings. The molecular weight excluding hydrogens is 605 g/mol. The first-order chi connectivity index (χ1) is 21.7. The fourth-order valence-corrected chi connectivity index (χ4v) is 6.94. The molecule has 0 spiro atoms. The van der Waals surface area contributed by atoms with Crippen molar-refractivity contribution in [1.29, 1.82) is 0 Å². The molecule has 45 heavy (non-hydrogen) atoms. The number of carbonyl (C=O) groups is 2. The standard InChI is InChI=1S/C32H35F3N6O3S/c1-44-28-19-21-6-7-26(28)36-11-2-4-22-18-27-25(5-3-13-41(27)31(22)45-32(33,34)35)38-24-9-15-40(16-10-24)30(43)23-8-14-39(20-23)17-12-37-29(21)42/h3,5-7,13,18-19,23-24,36,38H,8-12,14-17,20H2,1H3,(H,37,42). The van der Waals surface area contributed by atoms with Crippen molar-refractivity contribution in [3.8, 4) is 17.6 Å². The Morgan fingerprint density at radius 2 is 1.82 bits per heavy atom. The van der Waals surface area contributed by atoms with Crippen LogP contribution in [0.15, 0.2) is 47.6 Å². The number of anilines is 2. The number of aromatic nitrogens is 1. The molecule has 238 valence electrons. The van der Waals surface area contributed by atoms with Gasteiger partial charge < -0.3 is 34.9 Å². The van der Waals surface area contributed by atoms with Crippen LogP contribution in [0, 0.1) is 17.8 Å². The van der Waals surface area contributed by atoms with E-state index in [0.717, 1.165) is 31.5 Å². The Labute approximate surface area is 263 Å². The van der Waals surface area contributed by atoms with Gasteiger partial charge in [0.05, 0.1) is 42.0 Å². The maximum Gasteiger partial charge on any atom is 0.447 e. The summed E-state index contributed by atoms with van der Waals surface area (Å²) in [6.45, 7) is 3.97. The molecule has 8 bridgehead atoms. The van der Waals surface area contributed by atoms with Crippen molar-refractivity contribution in [1.82, 2.24) is 19.5 Å². The Kier molecular flexibility index (Phi) is 9.05. The molecule has 2 amide bonds. The minimum absolute atomic E-state index is 0.00550. The number of methoxy groups -OCH3 is 1. The van der Waals surface area contributed by atoms with Gasteiger partial charge in [0.15, 0.2) is 0 Å². The van der Waals surface area contributed by atoms with Crippen LogP contribution in [0.3, 0.4) is 0 Å². The lowest BCUT2D eigenvalue weighted by atomic mass is 10.0. The summed E-state index contributed by atoms with van der Waals surface area (Å²) in [5.74, 6) is 6.18. The lowest BCUT2D eigenvalue weighted by Gasteiger charge is -2.34. The smallest absolute Gasteiger partial charge is 0.447 e. The monoisotopic (exact) mass is 640 g/mol. The topological polar surface area (TPSA) is 90.3 Å². The molecule has 2 saturated heterocycles. The van der Waals surface area contributed by atoms with Gasteiger partial charge in [0.25, 0.3) is 5.91 Å². The number of benzene rings is 1. The first-order valence-electron chi connectivity index (χ1n) is 15.0. The summed E-state index contributed by atoms with van der Waals surface area (Å²) >= 11 is -0.188. The molecule has 6 aliphatic heterocycles. The molecule has 3 aromatic rings. The zero-order valence-electron chi connectivity index (χ0n) is 24.9. The van der Waals surface area contributed by atoms with Crippen molar-refractivity contribution < 1.29 is 27.5 Å². The number of thioether (sulfide) groups is 1. The van der Waals surface area contributed by atoms with E-state index in [-0.39, 0.29) is 52.7 Å². The molecule has 13 heteroatoms. The van der Waals surface area contributed by atoms with Crippen molar-refractivity contribution in [3.63, 3.8) is 0 Å². The van der Waals surface area contributed by atoms with Crippen molar-refractivity contribution in [2.75, 3.05) is 63.6 Å². The number of rotatable bonds is 2. The summed E-state index contributed by atoms with van der Waals surface area (Å²) in [6.07, 6.45) is 3.88. The van der Waals surface area contributed by atoms with Crippen molar-refractivity contribution >= 4 is 40.5 Å². The van der Waals surface area contributed by atoms with Crippen LogP contribution in [0.2, 0.25) is 0 Å². The van der Waals surface area contributed by atoms with Crippen LogP contribution >= 0.6 is 11.8 Å². The minimum Gasteiger partial charge on any atom is -0.495 e. The van der Waals surface area contributed by atoms with Gasteiger partial charge in [-0.1, -0.05) is 11.8 Å². The molecular formula is C32H35F3N6O3S. The van der Waals surface area contributed by atoms with E-state index < -0.39 is 5.51 Å². The van der Waals surface area contributed by atoms with Gasteiger partial charge >= 0.3 is 5.51 Å². The van der Waals surface area contributed by atoms with E-state index in [1.54, 1.807) is 36.5 Å². The van der Waals surface area contributed by atoms with E-state index >= 15 is 0 Å². The highest BCUT2D eigenvalue weighted by Crippen LogP contribution is 2.41. The van der Waals surface area contributed by atoms with E-state index in [4.69, 9.17) is 4.74 Å². The summed E-state index contributed by atoms with van der Waals surface area (Å²) in [5, 5.41) is 9.62. The second-order valence-corrected chi connectivity index (χ2v) is 12.5. The highest BCUT2D eigenvalue weighted by Gasteiger charge is 2.34. The number of carbonyl (C=O) groups excluding carboxylic acids is 2. The third kappa shape index (κ3) is 7.12. The molecule has 2 atom stereocenters. The Balaban J connectivity index is 1.31. The summed E-state index contributed by atoms with van der Waals surface area (Å²) in [6, 6.07) is 10.4. The van der Waals surface area contributed by atoms with Gasteiger partial charge in [-0.15, -0.1) is 0 Å². The van der Waals surface area contributed by atoms with Crippen LogP contribution in [-0.2, 0) is 4.79 Å². The number of amides is 2. The molecule has 9 rings (SSSR count). The Bertz CT molecular complexity index is 1640. The highest BCUT2D eigenvalue weighted by atomic mass is 32.2. The number of nitrogens with zero attached hydrogens (tertiary/aromatic N) is 3. The molecule has 0 radical (unpaired) electrons. The lowest BCUT2D eigenvalue weighted by molar-refractivity contribution is -0.136. The van der Waals surface area contributed by atoms with Gasteiger partial charge in [-0.05, 0) is 62.2 Å². The number of alkyl halides is 3. The summed E-state index contributed by atoms with van der Waals surface area (Å²) in [5.41, 5.74) is -1.86. The number of pyridine rings is 1. The third-order valence-corrected chi connectivity index (χ3v) is 9.37. The van der Waals surface area contributed by atoms with E-state index in [1.165, 1.54) is 11.5 Å². The van der Waals surface area contributed by atoms with Crippen molar-refractivity contribution in [2.45, 2.75) is 35.8 Å². The Morgan fingerprint density at radius 3 is 2.60 bits per heavy atom. The van der Waals surface area contributed by atoms with Crippen molar-refractivity contribution in [2.24, 2.45) is 5.92 Å². The van der Waals surface area contributed by atoms with Gasteiger partial charge in [0.1, 0.15) is 10.8 Å². The van der Waals surface area contributed by atoms with Crippen LogP contribution in [0.5, 0.6) is 5.75 Å². The lowest BCUT2D eigenvalue weighted by Crippen LogP contribution is -2.45. The fourth-order valence-electron chi connectivity index (χ4n) is 6.25. The molecule has 0 aliphatic carbocycles. The average Bonchev–Trinajstić information content (AvgIpc) is 3.63. The van der Waals surface area contributed by atoms with E-state index in [1.807, 2.05) is 11.0 Å². The van der Waals surface area contributed by atoms with Crippen LogP contribution < -0.4 is 20.7 Å². The zero-order valence-corrected chi connectivity index (χ0v) is 25.7. The normalized spacial score (nSPS) is 22.7. The first kappa shape index (κ1) is 31.0. The van der Waals surface area contributed by atoms with Crippen molar-refractivity contribution in [3.05, 3.63) is 53.7 Å². The predicted octanol–water partition coefficient (Wildman–Crippen LogP) is 4.49. The summed E-state index contributed by atoms with van der Waals surface area (Å²) in [7, 11) is 1.50. The maximum atomic E-state index is 13.6. The summed E-state index contributed by atoms with van der Waals surface area (Å²) < 4.78 is 47.9. The number of hydrogen-bond donors (Lipinski definition) is 3. The number of nitrogens with one attached hydrogen (secondary N) is 3. The number of hydrogen-bond acceptors (Lipinski definition) is 7. The third-order valence-electron chi connectivity index (χ3n) is 8.53. The number of piperidine rings is 1. The Morgan fingerprint density at radius 1 is 1.00 bits per heavy atom. The molecule has 2 unspecified atom stereocenters. The highest BCUT2D eigenvalue weighted by molar-refractivity contribution is 8.00. The molecule has 2 aromatic heterocycles. The van der Waals surface area contributed by atoms with E-state index in [0.29, 0.717) is 55.2 Å². The van der Waals surface area contributed by atoms with E-state index in [2.05, 4.69) is 32.7 Å². The quantitative estimate of drug-likeness (QED) is 0.281. The average molecular weight is 641 g/mol. The van der Waals surface area contributed by atoms with E-state index in [9.17, 15) is 22.8 Å². The van der Waals surface area contributed by atoms with Gasteiger partial charge in [0.2, 0.25) is 5.91 Å². The molecule has 8 heterocycles. The first-order valence-corrected chi connectivity index (χ1v) is 15.9. The SMILES string of the molecule is COc1cc2ccc1NCC#Cc1cc3c(cccn3c1SC(F)(F)F)NC1CCN(CC1)C(=O)C1CCN(CCNC2=O)C1. The zero-order chi connectivity index (χ0) is 31.6. The number of halogens is 3.